The van der Waals surface area contributed by atoms with Gasteiger partial charge in [-0.25, -0.2) is 4.99 Å². The van der Waals surface area contributed by atoms with E-state index >= 15 is 0 Å². The predicted molar refractivity (Wildman–Crippen MR) is 110 cm³/mol. The molecule has 152 valence electrons. The van der Waals surface area contributed by atoms with Crippen molar-refractivity contribution in [2.75, 3.05) is 46.5 Å². The van der Waals surface area contributed by atoms with Crippen molar-refractivity contribution < 1.29 is 14.2 Å². The Morgan fingerprint density at radius 3 is 2.63 bits per heavy atom. The van der Waals surface area contributed by atoms with Gasteiger partial charge in [0.05, 0.1) is 12.6 Å². The summed E-state index contributed by atoms with van der Waals surface area (Å²) >= 11 is 0. The fourth-order valence-electron chi connectivity index (χ4n) is 3.10. The Morgan fingerprint density at radius 1 is 1.22 bits per heavy atom. The number of nitrogens with zero attached hydrogens (tertiary/aromatic N) is 2. The largest absolute Gasteiger partial charge is 0.489 e. The molecule has 1 aromatic rings. The quantitative estimate of drug-likeness (QED) is 0.386. The van der Waals surface area contributed by atoms with Crippen LogP contribution in [0.5, 0.6) is 5.75 Å². The van der Waals surface area contributed by atoms with E-state index in [0.717, 1.165) is 63.8 Å². The summed E-state index contributed by atoms with van der Waals surface area (Å²) in [5.41, 5.74) is 0. The molecule has 1 saturated heterocycles. The topological polar surface area (TPSA) is 55.3 Å². The van der Waals surface area contributed by atoms with E-state index in [2.05, 4.69) is 24.1 Å². The molecule has 1 aliphatic heterocycles. The number of para-hydroxylation sites is 1. The Hall–Kier alpha value is -1.79. The SMILES string of the molecule is CCNC(=NCC(C)Oc1ccccc1)N1CCC(OCCCOC)CC1. The Kier molecular flexibility index (Phi) is 10.0. The van der Waals surface area contributed by atoms with Crippen molar-refractivity contribution in [1.82, 2.24) is 10.2 Å². The lowest BCUT2D eigenvalue weighted by Crippen LogP contribution is -2.47. The van der Waals surface area contributed by atoms with Crippen LogP contribution in [0.4, 0.5) is 0 Å². The Balaban J connectivity index is 1.77. The van der Waals surface area contributed by atoms with E-state index in [9.17, 15) is 0 Å². The standard InChI is InChI=1S/C21H35N3O3/c1-4-22-21(23-17-18(2)27-20-9-6-5-7-10-20)24-13-11-19(12-14-24)26-16-8-15-25-3/h5-7,9-10,18-19H,4,8,11-17H2,1-3H3,(H,22,23). The average Bonchev–Trinajstić information content (AvgIpc) is 2.70. The van der Waals surface area contributed by atoms with Gasteiger partial charge in [-0.3, -0.25) is 0 Å². The number of guanidine groups is 1. The van der Waals surface area contributed by atoms with Crippen molar-refractivity contribution in [2.24, 2.45) is 4.99 Å². The molecule has 0 bridgehead atoms. The van der Waals surface area contributed by atoms with Gasteiger partial charge < -0.3 is 24.4 Å². The van der Waals surface area contributed by atoms with E-state index in [1.807, 2.05) is 30.3 Å². The van der Waals surface area contributed by atoms with E-state index in [1.54, 1.807) is 7.11 Å². The third-order valence-electron chi connectivity index (χ3n) is 4.50. The first kappa shape index (κ1) is 21.5. The number of benzene rings is 1. The molecule has 1 N–H and O–H groups in total. The van der Waals surface area contributed by atoms with Crippen LogP contribution in [0, 0.1) is 0 Å². The zero-order valence-electron chi connectivity index (χ0n) is 17.0. The lowest BCUT2D eigenvalue weighted by Gasteiger charge is -2.34. The number of aliphatic imine (C=N–C) groups is 1. The molecule has 0 aliphatic carbocycles. The summed E-state index contributed by atoms with van der Waals surface area (Å²) in [6.07, 6.45) is 3.41. The molecule has 1 aromatic carbocycles. The normalized spacial score (nSPS) is 17.0. The molecular weight excluding hydrogens is 342 g/mol. The number of hydrogen-bond donors (Lipinski definition) is 1. The van der Waals surface area contributed by atoms with Crippen molar-refractivity contribution in [3.05, 3.63) is 30.3 Å². The molecule has 1 heterocycles. The van der Waals surface area contributed by atoms with Crippen LogP contribution in [-0.2, 0) is 9.47 Å². The minimum atomic E-state index is 0.0303. The molecule has 0 saturated carbocycles. The van der Waals surface area contributed by atoms with Crippen molar-refractivity contribution in [3.8, 4) is 5.75 Å². The smallest absolute Gasteiger partial charge is 0.194 e. The summed E-state index contributed by atoms with van der Waals surface area (Å²) in [6.45, 7) is 9.12. The Morgan fingerprint density at radius 2 is 1.96 bits per heavy atom. The molecule has 2 rings (SSSR count). The first-order valence-electron chi connectivity index (χ1n) is 10.1. The van der Waals surface area contributed by atoms with Crippen LogP contribution in [0.1, 0.15) is 33.1 Å². The van der Waals surface area contributed by atoms with Crippen molar-refractivity contribution in [2.45, 2.75) is 45.3 Å². The summed E-state index contributed by atoms with van der Waals surface area (Å²) in [7, 11) is 1.73. The van der Waals surface area contributed by atoms with Crippen LogP contribution in [0.15, 0.2) is 35.3 Å². The first-order chi connectivity index (χ1) is 13.2. The van der Waals surface area contributed by atoms with E-state index < -0.39 is 0 Å². The highest BCUT2D eigenvalue weighted by atomic mass is 16.5. The molecule has 0 amide bonds. The molecule has 1 atom stereocenters. The van der Waals surface area contributed by atoms with E-state index in [4.69, 9.17) is 19.2 Å². The molecule has 1 fully saturated rings. The van der Waals surface area contributed by atoms with E-state index in [-0.39, 0.29) is 6.10 Å². The van der Waals surface area contributed by atoms with Crippen LogP contribution in [0.2, 0.25) is 0 Å². The van der Waals surface area contributed by atoms with Crippen molar-refractivity contribution >= 4 is 5.96 Å². The first-order valence-corrected chi connectivity index (χ1v) is 10.1. The third kappa shape index (κ3) is 8.18. The molecule has 0 spiro atoms. The summed E-state index contributed by atoms with van der Waals surface area (Å²) in [6, 6.07) is 9.91. The van der Waals surface area contributed by atoms with Crippen LogP contribution in [-0.4, -0.2) is 69.6 Å². The lowest BCUT2D eigenvalue weighted by molar-refractivity contribution is 0.00988. The fraction of sp³-hybridized carbons (Fsp3) is 0.667. The molecule has 0 radical (unpaired) electrons. The molecule has 27 heavy (non-hydrogen) atoms. The van der Waals surface area contributed by atoms with Gasteiger partial charge in [-0.2, -0.15) is 0 Å². The second kappa shape index (κ2) is 12.6. The lowest BCUT2D eigenvalue weighted by atomic mass is 10.1. The molecule has 0 aromatic heterocycles. The molecule has 6 nitrogen and oxygen atoms in total. The summed E-state index contributed by atoms with van der Waals surface area (Å²) in [4.78, 5) is 7.12. The van der Waals surface area contributed by atoms with E-state index in [0.29, 0.717) is 12.6 Å². The predicted octanol–water partition coefficient (Wildman–Crippen LogP) is 2.94. The van der Waals surface area contributed by atoms with Gasteiger partial charge in [-0.15, -0.1) is 0 Å². The van der Waals surface area contributed by atoms with Crippen LogP contribution < -0.4 is 10.1 Å². The maximum absolute atomic E-state index is 5.95. The Bertz CT molecular complexity index is 531. The van der Waals surface area contributed by atoms with Gasteiger partial charge in [0.15, 0.2) is 5.96 Å². The van der Waals surface area contributed by atoms with Crippen LogP contribution >= 0.6 is 0 Å². The van der Waals surface area contributed by atoms with Gasteiger partial charge in [0.2, 0.25) is 0 Å². The highest BCUT2D eigenvalue weighted by Gasteiger charge is 2.22. The summed E-state index contributed by atoms with van der Waals surface area (Å²) < 4.78 is 16.9. The third-order valence-corrected chi connectivity index (χ3v) is 4.50. The van der Waals surface area contributed by atoms with Gasteiger partial charge in [0.25, 0.3) is 0 Å². The number of likely N-dealkylation sites (tertiary alicyclic amines) is 1. The number of nitrogens with one attached hydrogen (secondary N) is 1. The van der Waals surface area contributed by atoms with Gasteiger partial charge in [0.1, 0.15) is 11.9 Å². The van der Waals surface area contributed by atoms with Crippen molar-refractivity contribution in [3.63, 3.8) is 0 Å². The fourth-order valence-corrected chi connectivity index (χ4v) is 3.10. The number of ether oxygens (including phenoxy) is 3. The molecule has 1 aliphatic rings. The zero-order valence-corrected chi connectivity index (χ0v) is 17.0. The maximum Gasteiger partial charge on any atom is 0.194 e. The molecular formula is C21H35N3O3. The number of methoxy groups -OCH3 is 1. The van der Waals surface area contributed by atoms with Gasteiger partial charge in [-0.05, 0) is 45.2 Å². The average molecular weight is 378 g/mol. The number of piperidine rings is 1. The second-order valence-electron chi connectivity index (χ2n) is 6.84. The van der Waals surface area contributed by atoms with Crippen LogP contribution in [0.3, 0.4) is 0 Å². The van der Waals surface area contributed by atoms with Gasteiger partial charge >= 0.3 is 0 Å². The highest BCUT2D eigenvalue weighted by molar-refractivity contribution is 5.80. The van der Waals surface area contributed by atoms with Gasteiger partial charge in [0, 0.05) is 40.0 Å². The second-order valence-corrected chi connectivity index (χ2v) is 6.84. The van der Waals surface area contributed by atoms with Gasteiger partial charge in [-0.1, -0.05) is 18.2 Å². The van der Waals surface area contributed by atoms with Crippen molar-refractivity contribution in [1.29, 1.82) is 0 Å². The maximum atomic E-state index is 5.95. The number of hydrogen-bond acceptors (Lipinski definition) is 4. The minimum Gasteiger partial charge on any atom is -0.489 e. The Labute approximate surface area is 163 Å². The summed E-state index contributed by atoms with van der Waals surface area (Å²) in [5, 5.41) is 3.41. The van der Waals surface area contributed by atoms with Crippen LogP contribution in [0.25, 0.3) is 0 Å². The van der Waals surface area contributed by atoms with E-state index in [1.165, 1.54) is 0 Å². The zero-order chi connectivity index (χ0) is 19.3. The minimum absolute atomic E-state index is 0.0303. The number of rotatable bonds is 10. The highest BCUT2D eigenvalue weighted by Crippen LogP contribution is 2.15. The summed E-state index contributed by atoms with van der Waals surface area (Å²) in [5.74, 6) is 1.86. The molecule has 1 unspecified atom stereocenters. The monoisotopic (exact) mass is 377 g/mol. The molecule has 6 heteroatoms.